The quantitative estimate of drug-likeness (QED) is 0.346. The van der Waals surface area contributed by atoms with Crippen LogP contribution in [0.1, 0.15) is 49.6 Å². The maximum Gasteiger partial charge on any atom is 0.191 e. The summed E-state index contributed by atoms with van der Waals surface area (Å²) >= 11 is 0. The van der Waals surface area contributed by atoms with Crippen LogP contribution in [0.3, 0.4) is 0 Å². The number of hydrogen-bond acceptors (Lipinski definition) is 4. The highest BCUT2D eigenvalue weighted by Gasteiger charge is 2.34. The number of nitrogens with one attached hydrogen (secondary N) is 2. The van der Waals surface area contributed by atoms with E-state index >= 15 is 0 Å². The Balaban J connectivity index is 0.00000300. The molecule has 29 heavy (non-hydrogen) atoms. The molecule has 3 rings (SSSR count). The van der Waals surface area contributed by atoms with Gasteiger partial charge in [0.25, 0.3) is 0 Å². The molecule has 1 saturated heterocycles. The van der Waals surface area contributed by atoms with E-state index in [4.69, 9.17) is 9.26 Å². The molecule has 160 valence electrons. The topological polar surface area (TPSA) is 71.7 Å². The monoisotopic (exact) mass is 516 g/mol. The molecule has 1 aromatic carbocycles. The minimum atomic E-state index is -0.218. The lowest BCUT2D eigenvalue weighted by atomic mass is 9.74. The lowest BCUT2D eigenvalue weighted by Crippen LogP contribution is -2.47. The summed E-state index contributed by atoms with van der Waals surface area (Å²) in [6.07, 6.45) is 1.75. The van der Waals surface area contributed by atoms with Crippen LogP contribution in [0.4, 0.5) is 4.39 Å². The minimum absolute atomic E-state index is 0. The van der Waals surface area contributed by atoms with Crippen molar-refractivity contribution in [2.45, 2.75) is 44.6 Å². The zero-order valence-corrected chi connectivity index (χ0v) is 19.5. The van der Waals surface area contributed by atoms with E-state index in [-0.39, 0.29) is 35.2 Å². The zero-order chi connectivity index (χ0) is 20.0. The normalized spacial score (nSPS) is 16.4. The van der Waals surface area contributed by atoms with Crippen molar-refractivity contribution in [3.05, 3.63) is 53.2 Å². The molecular weight excluding hydrogens is 486 g/mol. The third-order valence-electron chi connectivity index (χ3n) is 5.32. The molecule has 2 heterocycles. The smallest absolute Gasteiger partial charge is 0.191 e. The van der Waals surface area contributed by atoms with Crippen molar-refractivity contribution in [2.75, 3.05) is 26.8 Å². The van der Waals surface area contributed by atoms with Crippen molar-refractivity contribution in [1.29, 1.82) is 0 Å². The van der Waals surface area contributed by atoms with Crippen molar-refractivity contribution in [1.82, 2.24) is 15.8 Å². The van der Waals surface area contributed by atoms with Crippen molar-refractivity contribution in [3.8, 4) is 0 Å². The Morgan fingerprint density at radius 1 is 1.21 bits per heavy atom. The van der Waals surface area contributed by atoms with Gasteiger partial charge in [-0.25, -0.2) is 4.39 Å². The number of ether oxygens (including phenoxy) is 1. The molecule has 8 heteroatoms. The second kappa shape index (κ2) is 10.9. The summed E-state index contributed by atoms with van der Waals surface area (Å²) in [5.41, 5.74) is 1.95. The first kappa shape index (κ1) is 23.6. The summed E-state index contributed by atoms with van der Waals surface area (Å²) in [7, 11) is 1.74. The Labute approximate surface area is 188 Å². The van der Waals surface area contributed by atoms with Crippen LogP contribution in [-0.2, 0) is 16.7 Å². The van der Waals surface area contributed by atoms with Gasteiger partial charge in [0.15, 0.2) is 11.7 Å². The Morgan fingerprint density at radius 2 is 1.90 bits per heavy atom. The number of halogens is 2. The number of rotatable bonds is 6. The number of benzene rings is 1. The van der Waals surface area contributed by atoms with Crippen LogP contribution in [0.5, 0.6) is 0 Å². The highest BCUT2D eigenvalue weighted by molar-refractivity contribution is 14.0. The number of guanidine groups is 1. The second-order valence-corrected chi connectivity index (χ2v) is 7.55. The summed E-state index contributed by atoms with van der Waals surface area (Å²) in [6, 6.07) is 8.76. The molecule has 1 aliphatic rings. The van der Waals surface area contributed by atoms with Gasteiger partial charge in [0.1, 0.15) is 5.82 Å². The zero-order valence-electron chi connectivity index (χ0n) is 17.2. The fourth-order valence-electron chi connectivity index (χ4n) is 3.46. The Kier molecular flexibility index (Phi) is 8.88. The first-order chi connectivity index (χ1) is 13.5. The third kappa shape index (κ3) is 6.15. The van der Waals surface area contributed by atoms with Crippen LogP contribution in [0, 0.1) is 5.82 Å². The lowest BCUT2D eigenvalue weighted by molar-refractivity contribution is 0.0513. The maximum atomic E-state index is 13.4. The van der Waals surface area contributed by atoms with Gasteiger partial charge >= 0.3 is 0 Å². The fraction of sp³-hybridized carbons (Fsp3) is 0.524. The van der Waals surface area contributed by atoms with Gasteiger partial charge in [0.2, 0.25) is 0 Å². The molecule has 0 unspecified atom stereocenters. The summed E-state index contributed by atoms with van der Waals surface area (Å²) in [5.74, 6) is 1.57. The molecule has 1 fully saturated rings. The van der Waals surface area contributed by atoms with Crippen molar-refractivity contribution < 1.29 is 13.7 Å². The van der Waals surface area contributed by atoms with E-state index in [1.54, 1.807) is 7.05 Å². The predicted octanol–water partition coefficient (Wildman–Crippen LogP) is 3.97. The van der Waals surface area contributed by atoms with Crippen LogP contribution in [0.25, 0.3) is 0 Å². The van der Waals surface area contributed by atoms with Gasteiger partial charge in [-0.1, -0.05) is 31.1 Å². The van der Waals surface area contributed by atoms with Crippen LogP contribution >= 0.6 is 24.0 Å². The molecule has 0 radical (unpaired) electrons. The van der Waals surface area contributed by atoms with Crippen molar-refractivity contribution in [2.24, 2.45) is 4.99 Å². The Hall–Kier alpha value is -1.68. The second-order valence-electron chi connectivity index (χ2n) is 7.55. The van der Waals surface area contributed by atoms with Gasteiger partial charge in [0.05, 0.1) is 12.2 Å². The SMILES string of the molecule is CN=C(NCc1cc(C(C)C)no1)NCC1(c2ccc(F)cc2)CCOCC1.I. The van der Waals surface area contributed by atoms with Crippen LogP contribution in [0.15, 0.2) is 39.8 Å². The lowest BCUT2D eigenvalue weighted by Gasteiger charge is -2.38. The van der Waals surface area contributed by atoms with Crippen molar-refractivity contribution >= 4 is 29.9 Å². The largest absolute Gasteiger partial charge is 0.381 e. The first-order valence-corrected chi connectivity index (χ1v) is 9.76. The number of hydrogen-bond donors (Lipinski definition) is 2. The van der Waals surface area contributed by atoms with Gasteiger partial charge in [-0.3, -0.25) is 4.99 Å². The van der Waals surface area contributed by atoms with E-state index in [1.165, 1.54) is 12.1 Å². The third-order valence-corrected chi connectivity index (χ3v) is 5.32. The van der Waals surface area contributed by atoms with Crippen molar-refractivity contribution in [3.63, 3.8) is 0 Å². The van der Waals surface area contributed by atoms with E-state index in [2.05, 4.69) is 34.6 Å². The molecule has 0 amide bonds. The Morgan fingerprint density at radius 3 is 2.48 bits per heavy atom. The standard InChI is InChI=1S/C21H29FN4O2.HI/c1-15(2)19-12-18(28-26-19)13-24-20(23-3)25-14-21(8-10-27-11-9-21)16-4-6-17(22)7-5-16;/h4-7,12,15H,8-11,13-14H2,1-3H3,(H2,23,24,25);1H. The number of nitrogens with zero attached hydrogens (tertiary/aromatic N) is 2. The van der Waals surface area contributed by atoms with Gasteiger partial charge < -0.3 is 19.9 Å². The molecule has 0 aliphatic carbocycles. The number of aromatic nitrogens is 1. The highest BCUT2D eigenvalue weighted by atomic mass is 127. The summed E-state index contributed by atoms with van der Waals surface area (Å²) in [6.45, 7) is 6.75. The molecule has 1 aromatic heterocycles. The molecule has 0 saturated carbocycles. The summed E-state index contributed by atoms with van der Waals surface area (Å²) in [4.78, 5) is 4.31. The molecule has 0 atom stereocenters. The van der Waals surface area contributed by atoms with Gasteiger partial charge in [-0.05, 0) is 36.5 Å². The molecule has 0 bridgehead atoms. The summed E-state index contributed by atoms with van der Waals surface area (Å²) in [5, 5.41) is 10.8. The van der Waals surface area contributed by atoms with Crippen LogP contribution in [0.2, 0.25) is 0 Å². The van der Waals surface area contributed by atoms with E-state index in [0.717, 1.165) is 29.9 Å². The summed E-state index contributed by atoms with van der Waals surface area (Å²) < 4.78 is 24.3. The fourth-order valence-corrected chi connectivity index (χ4v) is 3.46. The first-order valence-electron chi connectivity index (χ1n) is 9.76. The van der Waals surface area contributed by atoms with E-state index < -0.39 is 0 Å². The van der Waals surface area contributed by atoms with E-state index in [1.807, 2.05) is 18.2 Å². The highest BCUT2D eigenvalue weighted by Crippen LogP contribution is 2.34. The predicted molar refractivity (Wildman–Crippen MR) is 122 cm³/mol. The molecule has 6 nitrogen and oxygen atoms in total. The van der Waals surface area contributed by atoms with Gasteiger partial charge in [-0.2, -0.15) is 0 Å². The van der Waals surface area contributed by atoms with E-state index in [0.29, 0.717) is 38.2 Å². The maximum absolute atomic E-state index is 13.4. The number of aliphatic imine (C=N–C) groups is 1. The molecule has 2 aromatic rings. The Bertz CT molecular complexity index is 786. The van der Waals surface area contributed by atoms with Gasteiger partial charge in [0, 0.05) is 38.3 Å². The van der Waals surface area contributed by atoms with Crippen LogP contribution in [-0.4, -0.2) is 37.9 Å². The van der Waals surface area contributed by atoms with E-state index in [9.17, 15) is 4.39 Å². The van der Waals surface area contributed by atoms with Gasteiger partial charge in [-0.15, -0.1) is 24.0 Å². The molecule has 2 N–H and O–H groups in total. The molecule has 0 spiro atoms. The molecular formula is C21H30FIN4O2. The average Bonchev–Trinajstić information content (AvgIpc) is 3.19. The van der Waals surface area contributed by atoms with Crippen LogP contribution < -0.4 is 10.6 Å². The molecule has 1 aliphatic heterocycles. The minimum Gasteiger partial charge on any atom is -0.381 e. The average molecular weight is 516 g/mol.